The Morgan fingerprint density at radius 3 is 1.52 bits per heavy atom. The van der Waals surface area contributed by atoms with Crippen LogP contribution < -0.4 is 0 Å². The Morgan fingerprint density at radius 2 is 1.17 bits per heavy atom. The minimum atomic E-state index is -0.619. The van der Waals surface area contributed by atoms with E-state index in [1.54, 1.807) is 12.1 Å². The van der Waals surface area contributed by atoms with Crippen molar-refractivity contribution in [1.29, 1.82) is 0 Å². The van der Waals surface area contributed by atoms with E-state index in [-0.39, 0.29) is 10.5 Å². The molecule has 0 aromatic heterocycles. The van der Waals surface area contributed by atoms with Gasteiger partial charge in [0.25, 0.3) is 0 Å². The van der Waals surface area contributed by atoms with Crippen LogP contribution in [0.1, 0.15) is 69.7 Å². The Balaban J connectivity index is 2.21. The van der Waals surface area contributed by atoms with Crippen molar-refractivity contribution in [3.63, 3.8) is 0 Å². The summed E-state index contributed by atoms with van der Waals surface area (Å²) in [5.74, 6) is -1.24. The van der Waals surface area contributed by atoms with Gasteiger partial charge in [-0.15, -0.1) is 0 Å². The standard InChI is InChI=1S/C24H30O3S2/c1-5-19(28)13-17-9-7-11-21(15(17)3)23(25)27-24(26)22-12-8-10-18(16(22)4)14-20(29)6-2/h7-12,19-20,28-29H,5-6,13-14H2,1-4H3. The van der Waals surface area contributed by atoms with Crippen LogP contribution in [0.25, 0.3) is 0 Å². The van der Waals surface area contributed by atoms with Crippen LogP contribution in [-0.2, 0) is 17.6 Å². The zero-order valence-corrected chi connectivity index (χ0v) is 19.4. The summed E-state index contributed by atoms with van der Waals surface area (Å²) in [7, 11) is 0. The smallest absolute Gasteiger partial charge is 0.346 e. The van der Waals surface area contributed by atoms with Crippen LogP contribution in [0.5, 0.6) is 0 Å². The summed E-state index contributed by atoms with van der Waals surface area (Å²) in [6, 6.07) is 11.0. The summed E-state index contributed by atoms with van der Waals surface area (Å²) in [5.41, 5.74) is 4.61. The van der Waals surface area contributed by atoms with Gasteiger partial charge in [-0.2, -0.15) is 25.3 Å². The zero-order chi connectivity index (χ0) is 21.6. The molecule has 0 amide bonds. The second-order valence-electron chi connectivity index (χ2n) is 7.39. The first-order chi connectivity index (χ1) is 13.8. The van der Waals surface area contributed by atoms with Gasteiger partial charge in [0.2, 0.25) is 0 Å². The predicted octanol–water partition coefficient (Wildman–Crippen LogP) is 5.80. The SMILES string of the molecule is CCC(S)Cc1cccc(C(=O)OC(=O)c2cccc(CC(S)CC)c2C)c1C. The number of esters is 2. The number of rotatable bonds is 8. The summed E-state index contributed by atoms with van der Waals surface area (Å²) in [5, 5.41) is 0.455. The second-order valence-corrected chi connectivity index (χ2v) is 8.85. The fraction of sp³-hybridized carbons (Fsp3) is 0.417. The number of carbonyl (C=O) groups is 2. The van der Waals surface area contributed by atoms with E-state index in [0.29, 0.717) is 11.1 Å². The highest BCUT2D eigenvalue weighted by Crippen LogP contribution is 2.22. The van der Waals surface area contributed by atoms with Gasteiger partial charge in [0.1, 0.15) is 0 Å². The molecule has 2 rings (SSSR count). The third-order valence-corrected chi connectivity index (χ3v) is 6.47. The van der Waals surface area contributed by atoms with E-state index in [2.05, 4.69) is 39.1 Å². The van der Waals surface area contributed by atoms with Crippen molar-refractivity contribution in [2.24, 2.45) is 0 Å². The first-order valence-corrected chi connectivity index (χ1v) is 11.1. The minimum Gasteiger partial charge on any atom is -0.386 e. The van der Waals surface area contributed by atoms with Crippen molar-refractivity contribution in [1.82, 2.24) is 0 Å². The maximum atomic E-state index is 12.7. The topological polar surface area (TPSA) is 43.4 Å². The molecule has 2 aromatic rings. The summed E-state index contributed by atoms with van der Waals surface area (Å²) in [4.78, 5) is 25.4. The van der Waals surface area contributed by atoms with Crippen molar-refractivity contribution in [2.75, 3.05) is 0 Å². The van der Waals surface area contributed by atoms with Crippen molar-refractivity contribution in [3.05, 3.63) is 69.8 Å². The molecule has 2 unspecified atom stereocenters. The van der Waals surface area contributed by atoms with Crippen LogP contribution in [-0.4, -0.2) is 22.4 Å². The molecule has 0 fully saturated rings. The first-order valence-electron chi connectivity index (χ1n) is 10.1. The molecule has 0 aliphatic rings. The Kier molecular flexibility index (Phi) is 8.84. The van der Waals surface area contributed by atoms with E-state index in [0.717, 1.165) is 47.9 Å². The lowest BCUT2D eigenvalue weighted by atomic mass is 9.97. The number of benzene rings is 2. The maximum absolute atomic E-state index is 12.7. The van der Waals surface area contributed by atoms with Gasteiger partial charge in [-0.05, 0) is 73.9 Å². The van der Waals surface area contributed by atoms with Gasteiger partial charge in [-0.25, -0.2) is 9.59 Å². The number of hydrogen-bond donors (Lipinski definition) is 2. The lowest BCUT2D eigenvalue weighted by Crippen LogP contribution is -2.17. The van der Waals surface area contributed by atoms with Gasteiger partial charge in [0, 0.05) is 10.5 Å². The zero-order valence-electron chi connectivity index (χ0n) is 17.6. The predicted molar refractivity (Wildman–Crippen MR) is 126 cm³/mol. The van der Waals surface area contributed by atoms with E-state index in [1.165, 1.54) is 0 Å². The van der Waals surface area contributed by atoms with E-state index in [1.807, 2.05) is 38.1 Å². The van der Waals surface area contributed by atoms with Crippen LogP contribution in [0, 0.1) is 13.8 Å². The number of carbonyl (C=O) groups excluding carboxylic acids is 2. The monoisotopic (exact) mass is 430 g/mol. The summed E-state index contributed by atoms with van der Waals surface area (Å²) < 4.78 is 5.24. The lowest BCUT2D eigenvalue weighted by molar-refractivity contribution is 0.0396. The highest BCUT2D eigenvalue weighted by Gasteiger charge is 2.21. The largest absolute Gasteiger partial charge is 0.386 e. The molecule has 0 saturated heterocycles. The molecule has 0 N–H and O–H groups in total. The van der Waals surface area contributed by atoms with E-state index >= 15 is 0 Å². The molecule has 29 heavy (non-hydrogen) atoms. The van der Waals surface area contributed by atoms with Crippen LogP contribution in [0.4, 0.5) is 0 Å². The fourth-order valence-corrected chi connectivity index (χ4v) is 3.64. The highest BCUT2D eigenvalue weighted by atomic mass is 32.1. The van der Waals surface area contributed by atoms with Crippen LogP contribution >= 0.6 is 25.3 Å². The van der Waals surface area contributed by atoms with E-state index in [9.17, 15) is 9.59 Å². The van der Waals surface area contributed by atoms with Gasteiger partial charge < -0.3 is 4.74 Å². The van der Waals surface area contributed by atoms with Gasteiger partial charge in [0.15, 0.2) is 0 Å². The molecular weight excluding hydrogens is 400 g/mol. The molecule has 0 radical (unpaired) electrons. The average Bonchev–Trinajstić information content (AvgIpc) is 2.70. The summed E-state index contributed by atoms with van der Waals surface area (Å²) in [6.45, 7) is 7.93. The summed E-state index contributed by atoms with van der Waals surface area (Å²) in [6.07, 6.45) is 3.42. The average molecular weight is 431 g/mol. The van der Waals surface area contributed by atoms with E-state index < -0.39 is 11.9 Å². The van der Waals surface area contributed by atoms with Crippen LogP contribution in [0.15, 0.2) is 36.4 Å². The second kappa shape index (κ2) is 10.9. The molecule has 5 heteroatoms. The fourth-order valence-electron chi connectivity index (χ4n) is 3.24. The van der Waals surface area contributed by atoms with Crippen molar-refractivity contribution < 1.29 is 14.3 Å². The quantitative estimate of drug-likeness (QED) is 0.316. The molecule has 0 saturated carbocycles. The molecule has 0 aliphatic heterocycles. The van der Waals surface area contributed by atoms with Gasteiger partial charge >= 0.3 is 11.9 Å². The molecule has 2 aromatic carbocycles. The molecule has 0 heterocycles. The van der Waals surface area contributed by atoms with Crippen molar-refractivity contribution >= 4 is 37.2 Å². The van der Waals surface area contributed by atoms with Crippen LogP contribution in [0.3, 0.4) is 0 Å². The van der Waals surface area contributed by atoms with Crippen LogP contribution in [0.2, 0.25) is 0 Å². The maximum Gasteiger partial charge on any atom is 0.346 e. The molecule has 0 bridgehead atoms. The number of hydrogen-bond acceptors (Lipinski definition) is 5. The normalized spacial score (nSPS) is 13.0. The van der Waals surface area contributed by atoms with Crippen molar-refractivity contribution in [2.45, 2.75) is 63.9 Å². The first kappa shape index (κ1) is 23.6. The molecule has 2 atom stereocenters. The Hall–Kier alpha value is -1.72. The van der Waals surface area contributed by atoms with Crippen molar-refractivity contribution in [3.8, 4) is 0 Å². The van der Waals surface area contributed by atoms with Gasteiger partial charge in [0.05, 0.1) is 11.1 Å². The molecule has 0 aliphatic carbocycles. The summed E-state index contributed by atoms with van der Waals surface area (Å²) >= 11 is 9.11. The Bertz CT molecular complexity index is 805. The highest BCUT2D eigenvalue weighted by molar-refractivity contribution is 7.81. The third kappa shape index (κ3) is 6.13. The molecule has 0 spiro atoms. The minimum absolute atomic E-state index is 0.228. The Labute approximate surface area is 185 Å². The molecular formula is C24H30O3S2. The van der Waals surface area contributed by atoms with E-state index in [4.69, 9.17) is 4.74 Å². The lowest BCUT2D eigenvalue weighted by Gasteiger charge is -2.15. The number of ether oxygens (including phenoxy) is 1. The molecule has 156 valence electrons. The Morgan fingerprint density at radius 1 is 0.793 bits per heavy atom. The molecule has 3 nitrogen and oxygen atoms in total. The number of thiol groups is 2. The van der Waals surface area contributed by atoms with Gasteiger partial charge in [-0.1, -0.05) is 38.1 Å². The third-order valence-electron chi connectivity index (χ3n) is 5.37. The van der Waals surface area contributed by atoms with Gasteiger partial charge in [-0.3, -0.25) is 0 Å².